The summed E-state index contributed by atoms with van der Waals surface area (Å²) in [6.45, 7) is 5.21. The molecular formula is C11H16F3NO3. The first kappa shape index (κ1) is 14.9. The monoisotopic (exact) mass is 267 g/mol. The van der Waals surface area contributed by atoms with E-state index in [-0.39, 0.29) is 18.9 Å². The van der Waals surface area contributed by atoms with E-state index in [1.54, 1.807) is 19.2 Å². The van der Waals surface area contributed by atoms with Gasteiger partial charge >= 0.3 is 12.1 Å². The third kappa shape index (κ3) is 3.69. The molecule has 4 nitrogen and oxygen atoms in total. The topological polar surface area (TPSA) is 58.7 Å². The minimum absolute atomic E-state index is 0.0187. The number of Topliss-reactive ketones (excluding diaryl/α,β-unsaturated/α-hetero) is 1. The van der Waals surface area contributed by atoms with Crippen molar-refractivity contribution in [2.75, 3.05) is 6.61 Å². The average Bonchev–Trinajstić information content (AvgIpc) is 2.93. The smallest absolute Gasteiger partial charge is 0.361 e. The summed E-state index contributed by atoms with van der Waals surface area (Å²) in [4.78, 5) is 22.8. The van der Waals surface area contributed by atoms with Crippen LogP contribution in [0.25, 0.3) is 0 Å². The average molecular weight is 267 g/mol. The van der Waals surface area contributed by atoms with Crippen LogP contribution in [0.1, 0.15) is 27.2 Å². The van der Waals surface area contributed by atoms with Gasteiger partial charge in [0, 0.05) is 0 Å². The molecule has 0 aliphatic carbocycles. The molecule has 0 saturated carbocycles. The van der Waals surface area contributed by atoms with Crippen molar-refractivity contribution >= 4 is 11.7 Å². The lowest BCUT2D eigenvalue weighted by Crippen LogP contribution is -2.50. The highest BCUT2D eigenvalue weighted by atomic mass is 19.4. The van der Waals surface area contributed by atoms with E-state index in [1.165, 1.54) is 6.92 Å². The normalized spacial score (nSPS) is 24.8. The number of amides is 1. The number of epoxide rings is 1. The first-order chi connectivity index (χ1) is 8.06. The Labute approximate surface area is 103 Å². The molecule has 0 unspecified atom stereocenters. The van der Waals surface area contributed by atoms with Gasteiger partial charge in [-0.1, -0.05) is 13.8 Å². The van der Waals surface area contributed by atoms with Crippen molar-refractivity contribution < 1.29 is 27.5 Å². The summed E-state index contributed by atoms with van der Waals surface area (Å²) in [6.07, 6.45) is -4.83. The van der Waals surface area contributed by atoms with Gasteiger partial charge in [0.25, 0.3) is 0 Å². The van der Waals surface area contributed by atoms with Crippen LogP contribution in [0.15, 0.2) is 0 Å². The number of hydrogen-bond acceptors (Lipinski definition) is 3. The second-order valence-corrected chi connectivity index (χ2v) is 5.04. The van der Waals surface area contributed by atoms with Gasteiger partial charge in [-0.05, 0) is 19.3 Å². The number of ketones is 1. The van der Waals surface area contributed by atoms with Gasteiger partial charge < -0.3 is 10.1 Å². The summed E-state index contributed by atoms with van der Waals surface area (Å²) >= 11 is 0. The second kappa shape index (κ2) is 4.87. The van der Waals surface area contributed by atoms with E-state index in [2.05, 4.69) is 0 Å². The maximum atomic E-state index is 12.2. The second-order valence-electron chi connectivity index (χ2n) is 5.04. The SMILES string of the molecule is CC(C)C[C@H](NC(=O)C(F)(F)F)C(=O)[C@]1(C)CO1. The molecule has 104 valence electrons. The molecule has 1 saturated heterocycles. The van der Waals surface area contributed by atoms with Crippen LogP contribution in [0.5, 0.6) is 0 Å². The van der Waals surface area contributed by atoms with Crippen LogP contribution < -0.4 is 5.32 Å². The van der Waals surface area contributed by atoms with E-state index in [9.17, 15) is 22.8 Å². The molecule has 0 aromatic rings. The van der Waals surface area contributed by atoms with Gasteiger partial charge in [-0.2, -0.15) is 13.2 Å². The highest BCUT2D eigenvalue weighted by molar-refractivity contribution is 5.97. The van der Waals surface area contributed by atoms with Gasteiger partial charge in [-0.3, -0.25) is 9.59 Å². The fourth-order valence-corrected chi connectivity index (χ4v) is 1.56. The number of carbonyl (C=O) groups is 2. The van der Waals surface area contributed by atoms with Crippen LogP contribution in [0.2, 0.25) is 0 Å². The minimum Gasteiger partial charge on any atom is -0.361 e. The number of hydrogen-bond donors (Lipinski definition) is 1. The third-order valence-corrected chi connectivity index (χ3v) is 2.68. The van der Waals surface area contributed by atoms with Gasteiger partial charge in [0.05, 0.1) is 12.6 Å². The van der Waals surface area contributed by atoms with Gasteiger partial charge in [0.2, 0.25) is 0 Å². The van der Waals surface area contributed by atoms with Crippen LogP contribution in [0.4, 0.5) is 13.2 Å². The zero-order valence-corrected chi connectivity index (χ0v) is 10.4. The van der Waals surface area contributed by atoms with E-state index in [0.717, 1.165) is 0 Å². The lowest BCUT2D eigenvalue weighted by Gasteiger charge is -2.21. The molecular weight excluding hydrogens is 251 g/mol. The zero-order chi connectivity index (χ0) is 14.1. The maximum Gasteiger partial charge on any atom is 0.471 e. The Morgan fingerprint density at radius 3 is 2.22 bits per heavy atom. The van der Waals surface area contributed by atoms with Gasteiger partial charge in [0.1, 0.15) is 5.60 Å². The summed E-state index contributed by atoms with van der Waals surface area (Å²) in [5, 5.41) is 1.74. The molecule has 1 aliphatic heterocycles. The van der Waals surface area contributed by atoms with Crippen LogP contribution in [-0.4, -0.2) is 36.1 Å². The molecule has 0 aromatic carbocycles. The van der Waals surface area contributed by atoms with Crippen molar-refractivity contribution in [1.29, 1.82) is 0 Å². The fraction of sp³-hybridized carbons (Fsp3) is 0.818. The molecule has 1 amide bonds. The molecule has 0 spiro atoms. The first-order valence-electron chi connectivity index (χ1n) is 5.62. The Morgan fingerprint density at radius 2 is 1.89 bits per heavy atom. The molecule has 1 fully saturated rings. The molecule has 2 atom stereocenters. The number of ether oxygens (including phenoxy) is 1. The van der Waals surface area contributed by atoms with Crippen molar-refractivity contribution in [3.05, 3.63) is 0 Å². The predicted molar refractivity (Wildman–Crippen MR) is 56.8 cm³/mol. The Bertz CT molecular complexity index is 348. The van der Waals surface area contributed by atoms with Crippen molar-refractivity contribution in [3.63, 3.8) is 0 Å². The van der Waals surface area contributed by atoms with Gasteiger partial charge in [-0.15, -0.1) is 0 Å². The molecule has 1 aliphatic rings. The van der Waals surface area contributed by atoms with Crippen molar-refractivity contribution in [2.24, 2.45) is 5.92 Å². The predicted octanol–water partition coefficient (Wildman–Crippen LogP) is 1.44. The summed E-state index contributed by atoms with van der Waals surface area (Å²) in [7, 11) is 0. The number of nitrogens with one attached hydrogen (secondary N) is 1. The number of alkyl halides is 3. The molecule has 1 heterocycles. The highest BCUT2D eigenvalue weighted by Crippen LogP contribution is 2.30. The summed E-state index contributed by atoms with van der Waals surface area (Å²) < 4.78 is 41.4. The Hall–Kier alpha value is -1.11. The standard InChI is InChI=1S/C11H16F3NO3/c1-6(2)4-7(8(16)10(3)5-18-10)15-9(17)11(12,13)14/h6-7H,4-5H2,1-3H3,(H,15,17)/t7-,10-/m0/s1. The molecule has 7 heteroatoms. The molecule has 0 aromatic heterocycles. The Balaban J connectivity index is 2.73. The maximum absolute atomic E-state index is 12.2. The molecule has 18 heavy (non-hydrogen) atoms. The van der Waals surface area contributed by atoms with Crippen molar-refractivity contribution in [3.8, 4) is 0 Å². The summed E-state index contributed by atoms with van der Waals surface area (Å²) in [5.74, 6) is -2.62. The lowest BCUT2D eigenvalue weighted by molar-refractivity contribution is -0.175. The summed E-state index contributed by atoms with van der Waals surface area (Å²) in [5.41, 5.74) is -1.04. The van der Waals surface area contributed by atoms with Gasteiger partial charge in [-0.25, -0.2) is 0 Å². The molecule has 1 rings (SSSR count). The largest absolute Gasteiger partial charge is 0.471 e. The van der Waals surface area contributed by atoms with E-state index in [0.29, 0.717) is 0 Å². The first-order valence-corrected chi connectivity index (χ1v) is 5.62. The van der Waals surface area contributed by atoms with Crippen LogP contribution >= 0.6 is 0 Å². The van der Waals surface area contributed by atoms with Crippen molar-refractivity contribution in [2.45, 2.75) is 45.0 Å². The number of halogens is 3. The van der Waals surface area contributed by atoms with Crippen molar-refractivity contribution in [1.82, 2.24) is 5.32 Å². The summed E-state index contributed by atoms with van der Waals surface area (Å²) in [6, 6.07) is -1.16. The molecule has 0 radical (unpaired) electrons. The lowest BCUT2D eigenvalue weighted by atomic mass is 9.93. The minimum atomic E-state index is -4.99. The van der Waals surface area contributed by atoms with Crippen LogP contribution in [0.3, 0.4) is 0 Å². The fourth-order valence-electron chi connectivity index (χ4n) is 1.56. The molecule has 1 N–H and O–H groups in total. The quantitative estimate of drug-likeness (QED) is 0.767. The Kier molecular flexibility index (Phi) is 4.05. The highest BCUT2D eigenvalue weighted by Gasteiger charge is 2.51. The number of carbonyl (C=O) groups excluding carboxylic acids is 2. The van der Waals surface area contributed by atoms with E-state index in [1.807, 2.05) is 0 Å². The Morgan fingerprint density at radius 1 is 1.39 bits per heavy atom. The van der Waals surface area contributed by atoms with Crippen LogP contribution in [0, 0.1) is 5.92 Å². The zero-order valence-electron chi connectivity index (χ0n) is 10.4. The van der Waals surface area contributed by atoms with Gasteiger partial charge in [0.15, 0.2) is 5.78 Å². The van der Waals surface area contributed by atoms with E-state index in [4.69, 9.17) is 4.74 Å². The van der Waals surface area contributed by atoms with E-state index < -0.39 is 29.5 Å². The molecule has 0 bridgehead atoms. The van der Waals surface area contributed by atoms with Crippen LogP contribution in [-0.2, 0) is 14.3 Å². The van der Waals surface area contributed by atoms with E-state index >= 15 is 0 Å². The number of rotatable bonds is 5. The third-order valence-electron chi connectivity index (χ3n) is 2.68.